The van der Waals surface area contributed by atoms with Gasteiger partial charge in [0.15, 0.2) is 0 Å². The molecule has 1 rings (SSSR count). The van der Waals surface area contributed by atoms with Gasteiger partial charge in [-0.25, -0.2) is 0 Å². The second-order valence-corrected chi connectivity index (χ2v) is 4.75. The van der Waals surface area contributed by atoms with Gasteiger partial charge in [0.2, 0.25) is 11.8 Å². The van der Waals surface area contributed by atoms with Crippen LogP contribution in [0.3, 0.4) is 0 Å². The topological polar surface area (TPSA) is 71.1 Å². The minimum Gasteiger partial charge on any atom is -0.356 e. The van der Waals surface area contributed by atoms with Gasteiger partial charge < -0.3 is 10.6 Å². The molecule has 0 aromatic carbocycles. The van der Waals surface area contributed by atoms with Crippen molar-refractivity contribution in [2.75, 3.05) is 13.1 Å². The smallest absolute Gasteiger partial charge is 0.220 e. The fourth-order valence-corrected chi connectivity index (χ4v) is 1.83. The van der Waals surface area contributed by atoms with E-state index in [0.29, 0.717) is 19.5 Å². The standard InChI is InChI=1S/C15H23N3O2/c1-13(19)17-10-4-2-3-7-15(20)18-11-8-14-6-5-9-16-12-14/h5-6,9,12H,2-4,7-8,10-11H2,1H3,(H,17,19)(H,18,20). The van der Waals surface area contributed by atoms with E-state index < -0.39 is 0 Å². The lowest BCUT2D eigenvalue weighted by molar-refractivity contribution is -0.121. The lowest BCUT2D eigenvalue weighted by Gasteiger charge is -2.05. The van der Waals surface area contributed by atoms with Gasteiger partial charge in [-0.15, -0.1) is 0 Å². The largest absolute Gasteiger partial charge is 0.356 e. The first kappa shape index (κ1) is 16.1. The maximum Gasteiger partial charge on any atom is 0.220 e. The van der Waals surface area contributed by atoms with E-state index in [1.54, 1.807) is 6.20 Å². The highest BCUT2D eigenvalue weighted by atomic mass is 16.2. The van der Waals surface area contributed by atoms with Gasteiger partial charge in [-0.1, -0.05) is 12.5 Å². The molecule has 110 valence electrons. The van der Waals surface area contributed by atoms with Crippen molar-refractivity contribution in [1.29, 1.82) is 0 Å². The summed E-state index contributed by atoms with van der Waals surface area (Å²) in [7, 11) is 0. The third-order valence-electron chi connectivity index (χ3n) is 2.91. The van der Waals surface area contributed by atoms with Crippen molar-refractivity contribution in [2.24, 2.45) is 0 Å². The molecule has 0 radical (unpaired) electrons. The molecule has 0 atom stereocenters. The van der Waals surface area contributed by atoms with Crippen molar-refractivity contribution in [3.63, 3.8) is 0 Å². The van der Waals surface area contributed by atoms with Gasteiger partial charge in [0.05, 0.1) is 0 Å². The fraction of sp³-hybridized carbons (Fsp3) is 0.533. The SMILES string of the molecule is CC(=O)NCCCCCC(=O)NCCc1cccnc1. The zero-order valence-corrected chi connectivity index (χ0v) is 12.0. The average Bonchev–Trinajstić information content (AvgIpc) is 2.43. The zero-order chi connectivity index (χ0) is 14.6. The minimum atomic E-state index is -0.00172. The number of pyridine rings is 1. The van der Waals surface area contributed by atoms with Crippen LogP contribution in [0, 0.1) is 0 Å². The second-order valence-electron chi connectivity index (χ2n) is 4.75. The van der Waals surface area contributed by atoms with Crippen molar-refractivity contribution >= 4 is 11.8 Å². The maximum atomic E-state index is 11.6. The zero-order valence-electron chi connectivity index (χ0n) is 12.0. The number of amides is 2. The summed E-state index contributed by atoms with van der Waals surface area (Å²) >= 11 is 0. The molecule has 2 N–H and O–H groups in total. The molecule has 1 heterocycles. The van der Waals surface area contributed by atoms with Crippen LogP contribution in [0.2, 0.25) is 0 Å². The van der Waals surface area contributed by atoms with Crippen molar-refractivity contribution in [3.8, 4) is 0 Å². The third kappa shape index (κ3) is 8.24. The molecule has 0 saturated heterocycles. The highest BCUT2D eigenvalue weighted by molar-refractivity contribution is 5.75. The quantitative estimate of drug-likeness (QED) is 0.671. The van der Waals surface area contributed by atoms with E-state index in [4.69, 9.17) is 0 Å². The number of hydrogen-bond donors (Lipinski definition) is 2. The summed E-state index contributed by atoms with van der Waals surface area (Å²) in [6.45, 7) is 2.85. The lowest BCUT2D eigenvalue weighted by Crippen LogP contribution is -2.25. The highest BCUT2D eigenvalue weighted by Crippen LogP contribution is 1.99. The Balaban J connectivity index is 1.97. The molecular formula is C15H23N3O2. The molecule has 0 aliphatic carbocycles. The van der Waals surface area contributed by atoms with Gasteiger partial charge >= 0.3 is 0 Å². The molecule has 5 heteroatoms. The first-order chi connectivity index (χ1) is 9.68. The monoisotopic (exact) mass is 277 g/mol. The third-order valence-corrected chi connectivity index (χ3v) is 2.91. The molecular weight excluding hydrogens is 254 g/mol. The van der Waals surface area contributed by atoms with Gasteiger partial charge in [-0.3, -0.25) is 14.6 Å². The van der Waals surface area contributed by atoms with Crippen molar-refractivity contribution in [2.45, 2.75) is 39.0 Å². The molecule has 0 bridgehead atoms. The van der Waals surface area contributed by atoms with Crippen LogP contribution in [-0.2, 0) is 16.0 Å². The number of hydrogen-bond acceptors (Lipinski definition) is 3. The molecule has 5 nitrogen and oxygen atoms in total. The predicted octanol–water partition coefficient (Wildman–Crippen LogP) is 1.44. The van der Waals surface area contributed by atoms with Crippen LogP contribution in [0.25, 0.3) is 0 Å². The van der Waals surface area contributed by atoms with E-state index in [1.807, 2.05) is 18.3 Å². The molecule has 1 aromatic heterocycles. The van der Waals surface area contributed by atoms with E-state index in [2.05, 4.69) is 15.6 Å². The van der Waals surface area contributed by atoms with E-state index in [9.17, 15) is 9.59 Å². The van der Waals surface area contributed by atoms with Crippen LogP contribution >= 0.6 is 0 Å². The summed E-state index contributed by atoms with van der Waals surface area (Å²) in [6, 6.07) is 3.90. The Morgan fingerprint density at radius 2 is 2.00 bits per heavy atom. The summed E-state index contributed by atoms with van der Waals surface area (Å²) < 4.78 is 0. The maximum absolute atomic E-state index is 11.6. The summed E-state index contributed by atoms with van der Waals surface area (Å²) in [5.74, 6) is 0.0894. The van der Waals surface area contributed by atoms with Gasteiger partial charge in [0, 0.05) is 38.8 Å². The van der Waals surface area contributed by atoms with Gasteiger partial charge in [0.25, 0.3) is 0 Å². The van der Waals surface area contributed by atoms with Crippen LogP contribution in [-0.4, -0.2) is 29.9 Å². The highest BCUT2D eigenvalue weighted by Gasteiger charge is 2.01. The number of carbonyl (C=O) groups is 2. The fourth-order valence-electron chi connectivity index (χ4n) is 1.83. The molecule has 20 heavy (non-hydrogen) atoms. The first-order valence-corrected chi connectivity index (χ1v) is 7.08. The lowest BCUT2D eigenvalue weighted by atomic mass is 10.2. The van der Waals surface area contributed by atoms with Gasteiger partial charge in [0.1, 0.15) is 0 Å². The number of unbranched alkanes of at least 4 members (excludes halogenated alkanes) is 2. The van der Waals surface area contributed by atoms with E-state index >= 15 is 0 Å². The van der Waals surface area contributed by atoms with Crippen LogP contribution in [0.4, 0.5) is 0 Å². The Bertz CT molecular complexity index is 407. The van der Waals surface area contributed by atoms with E-state index in [0.717, 1.165) is 31.2 Å². The Morgan fingerprint density at radius 3 is 2.70 bits per heavy atom. The van der Waals surface area contributed by atoms with Crippen molar-refractivity contribution < 1.29 is 9.59 Å². The molecule has 2 amide bonds. The minimum absolute atomic E-state index is 0.00172. The molecule has 0 fully saturated rings. The Hall–Kier alpha value is -1.91. The molecule has 0 spiro atoms. The van der Waals surface area contributed by atoms with Crippen LogP contribution in [0.5, 0.6) is 0 Å². The normalized spacial score (nSPS) is 10.1. The summed E-state index contributed by atoms with van der Waals surface area (Å²) in [5, 5.41) is 5.64. The van der Waals surface area contributed by atoms with Crippen molar-refractivity contribution in [3.05, 3.63) is 30.1 Å². The number of nitrogens with one attached hydrogen (secondary N) is 2. The molecule has 0 saturated carbocycles. The predicted molar refractivity (Wildman–Crippen MR) is 78.1 cm³/mol. The van der Waals surface area contributed by atoms with Crippen LogP contribution in [0.1, 0.15) is 38.2 Å². The van der Waals surface area contributed by atoms with Gasteiger partial charge in [-0.05, 0) is 30.9 Å². The summed E-state index contributed by atoms with van der Waals surface area (Å²) in [6.07, 6.45) is 7.64. The Kier molecular flexibility index (Phi) is 8.03. The number of carbonyl (C=O) groups excluding carboxylic acids is 2. The van der Waals surface area contributed by atoms with Crippen LogP contribution < -0.4 is 10.6 Å². The van der Waals surface area contributed by atoms with E-state index in [-0.39, 0.29) is 11.8 Å². The summed E-state index contributed by atoms with van der Waals surface area (Å²) in [4.78, 5) is 26.2. The Morgan fingerprint density at radius 1 is 1.15 bits per heavy atom. The summed E-state index contributed by atoms with van der Waals surface area (Å²) in [5.41, 5.74) is 1.13. The molecule has 1 aromatic rings. The molecule has 0 unspecified atom stereocenters. The van der Waals surface area contributed by atoms with Gasteiger partial charge in [-0.2, -0.15) is 0 Å². The average molecular weight is 277 g/mol. The van der Waals surface area contributed by atoms with Crippen LogP contribution in [0.15, 0.2) is 24.5 Å². The molecule has 0 aliphatic rings. The molecule has 0 aliphatic heterocycles. The van der Waals surface area contributed by atoms with Crippen molar-refractivity contribution in [1.82, 2.24) is 15.6 Å². The van der Waals surface area contributed by atoms with E-state index in [1.165, 1.54) is 6.92 Å². The second kappa shape index (κ2) is 9.95. The number of rotatable bonds is 9. The number of nitrogens with zero attached hydrogens (tertiary/aromatic N) is 1. The number of aromatic nitrogens is 1. The Labute approximate surface area is 120 Å². The first-order valence-electron chi connectivity index (χ1n) is 7.08.